The van der Waals surface area contributed by atoms with E-state index in [-0.39, 0.29) is 31.5 Å². The minimum atomic E-state index is -0.427. The predicted molar refractivity (Wildman–Crippen MR) is 126 cm³/mol. The second-order valence-electron chi connectivity index (χ2n) is 7.86. The molecule has 0 saturated carbocycles. The molecule has 2 aromatic rings. The second-order valence-corrected chi connectivity index (χ2v) is 7.86. The van der Waals surface area contributed by atoms with Gasteiger partial charge in [-0.3, -0.25) is 9.59 Å². The number of aryl methyl sites for hydroxylation is 1. The fourth-order valence-electron chi connectivity index (χ4n) is 3.94. The van der Waals surface area contributed by atoms with Gasteiger partial charge in [0.2, 0.25) is 5.91 Å². The van der Waals surface area contributed by atoms with Gasteiger partial charge in [0, 0.05) is 46.0 Å². The van der Waals surface area contributed by atoms with E-state index < -0.39 is 6.04 Å². The first-order valence-corrected chi connectivity index (χ1v) is 10.9. The first-order valence-electron chi connectivity index (χ1n) is 10.9. The summed E-state index contributed by atoms with van der Waals surface area (Å²) in [5, 5.41) is 6.15. The Morgan fingerprint density at radius 1 is 1.12 bits per heavy atom. The fraction of sp³-hybridized carbons (Fsp3) is 0.458. The fourth-order valence-corrected chi connectivity index (χ4v) is 3.94. The van der Waals surface area contributed by atoms with Crippen molar-refractivity contribution in [3.8, 4) is 11.5 Å². The normalized spacial score (nSPS) is 15.3. The van der Waals surface area contributed by atoms with Crippen LogP contribution >= 0.6 is 0 Å². The van der Waals surface area contributed by atoms with E-state index >= 15 is 0 Å². The van der Waals surface area contributed by atoms with Gasteiger partial charge in [-0.1, -0.05) is 0 Å². The first-order chi connectivity index (χ1) is 16.4. The van der Waals surface area contributed by atoms with Crippen LogP contribution in [0.15, 0.2) is 41.6 Å². The zero-order valence-electron chi connectivity index (χ0n) is 20.3. The Balaban J connectivity index is 1.97. The number of benzene rings is 1. The number of hydrazone groups is 1. The molecule has 0 aliphatic carbocycles. The summed E-state index contributed by atoms with van der Waals surface area (Å²) in [6, 6.07) is 8.93. The molecule has 10 heteroatoms. The topological polar surface area (TPSA) is 94.8 Å². The van der Waals surface area contributed by atoms with Crippen molar-refractivity contribution < 1.29 is 28.5 Å². The highest BCUT2D eigenvalue weighted by molar-refractivity contribution is 6.02. The van der Waals surface area contributed by atoms with Gasteiger partial charge in [-0.05, 0) is 30.3 Å². The van der Waals surface area contributed by atoms with Crippen molar-refractivity contribution in [2.45, 2.75) is 12.5 Å². The summed E-state index contributed by atoms with van der Waals surface area (Å²) in [6.07, 6.45) is 2.41. The standard InChI is InChI=1S/C24H32N4O6/c1-26-10-6-7-20(26)19-14-21(18-13-17(33-4)8-9-22(18)34-5)28(25-19)23(29)15-27(11-12-31-2)24(30)16-32-3/h6-10,13,21H,11-12,14-16H2,1-5H3/t21-/m0/s1. The molecular weight excluding hydrogens is 440 g/mol. The van der Waals surface area contributed by atoms with E-state index in [4.69, 9.17) is 24.0 Å². The van der Waals surface area contributed by atoms with Crippen molar-refractivity contribution in [3.05, 3.63) is 47.8 Å². The summed E-state index contributed by atoms with van der Waals surface area (Å²) in [4.78, 5) is 27.5. The van der Waals surface area contributed by atoms with Crippen LogP contribution in [0, 0.1) is 0 Å². The van der Waals surface area contributed by atoms with E-state index in [0.29, 0.717) is 24.5 Å². The Bertz CT molecular complexity index is 1030. The lowest BCUT2D eigenvalue weighted by atomic mass is 9.99. The lowest BCUT2D eigenvalue weighted by Crippen LogP contribution is -2.44. The number of rotatable bonds is 11. The van der Waals surface area contributed by atoms with Gasteiger partial charge < -0.3 is 28.4 Å². The molecule has 0 fully saturated rings. The molecule has 184 valence electrons. The molecule has 1 aliphatic rings. The van der Waals surface area contributed by atoms with Crippen LogP contribution in [0.5, 0.6) is 11.5 Å². The van der Waals surface area contributed by atoms with Gasteiger partial charge in [0.25, 0.3) is 5.91 Å². The van der Waals surface area contributed by atoms with Crippen LogP contribution < -0.4 is 9.47 Å². The van der Waals surface area contributed by atoms with Crippen LogP contribution in [0.3, 0.4) is 0 Å². The van der Waals surface area contributed by atoms with Crippen molar-refractivity contribution in [3.63, 3.8) is 0 Å². The molecule has 2 heterocycles. The van der Waals surface area contributed by atoms with Crippen LogP contribution in [0.4, 0.5) is 0 Å². The highest BCUT2D eigenvalue weighted by Crippen LogP contribution is 2.39. The molecule has 0 spiro atoms. The highest BCUT2D eigenvalue weighted by Gasteiger charge is 2.36. The minimum Gasteiger partial charge on any atom is -0.497 e. The molecule has 2 amide bonds. The van der Waals surface area contributed by atoms with E-state index in [0.717, 1.165) is 17.0 Å². The van der Waals surface area contributed by atoms with Crippen molar-refractivity contribution in [1.29, 1.82) is 0 Å². The number of carbonyl (C=O) groups excluding carboxylic acids is 2. The summed E-state index contributed by atoms with van der Waals surface area (Å²) < 4.78 is 23.1. The third kappa shape index (κ3) is 5.57. The predicted octanol–water partition coefficient (Wildman–Crippen LogP) is 1.84. The lowest BCUT2D eigenvalue weighted by molar-refractivity contribution is -0.144. The van der Waals surface area contributed by atoms with Gasteiger partial charge in [-0.25, -0.2) is 5.01 Å². The van der Waals surface area contributed by atoms with Gasteiger partial charge in [0.15, 0.2) is 0 Å². The van der Waals surface area contributed by atoms with Crippen LogP contribution in [0.1, 0.15) is 23.7 Å². The average molecular weight is 473 g/mol. The Morgan fingerprint density at radius 2 is 1.91 bits per heavy atom. The molecule has 0 saturated heterocycles. The average Bonchev–Trinajstić information content (AvgIpc) is 3.47. The van der Waals surface area contributed by atoms with E-state index in [9.17, 15) is 9.59 Å². The molecule has 10 nitrogen and oxygen atoms in total. The third-order valence-corrected chi connectivity index (χ3v) is 5.71. The number of hydrogen-bond donors (Lipinski definition) is 0. The number of amides is 2. The number of ether oxygens (including phenoxy) is 4. The molecule has 34 heavy (non-hydrogen) atoms. The molecule has 3 rings (SSSR count). The number of hydrogen-bond acceptors (Lipinski definition) is 7. The summed E-state index contributed by atoms with van der Waals surface area (Å²) in [7, 11) is 8.09. The monoisotopic (exact) mass is 472 g/mol. The summed E-state index contributed by atoms with van der Waals surface area (Å²) in [5.74, 6) is 0.653. The highest BCUT2D eigenvalue weighted by atomic mass is 16.5. The smallest absolute Gasteiger partial charge is 0.262 e. The van der Waals surface area contributed by atoms with Crippen molar-refractivity contribution in [2.75, 3.05) is 54.7 Å². The molecule has 0 N–H and O–H groups in total. The van der Waals surface area contributed by atoms with Gasteiger partial charge >= 0.3 is 0 Å². The SMILES string of the molecule is COCCN(CC(=O)N1N=C(c2cccn2C)C[C@H]1c1cc(OC)ccc1OC)C(=O)COC. The summed E-state index contributed by atoms with van der Waals surface area (Å²) in [5.41, 5.74) is 2.45. The Morgan fingerprint density at radius 3 is 2.53 bits per heavy atom. The Labute approximate surface area is 199 Å². The maximum Gasteiger partial charge on any atom is 0.262 e. The number of nitrogens with zero attached hydrogens (tertiary/aromatic N) is 4. The summed E-state index contributed by atoms with van der Waals surface area (Å²) >= 11 is 0. The zero-order chi connectivity index (χ0) is 24.7. The van der Waals surface area contributed by atoms with E-state index in [2.05, 4.69) is 0 Å². The molecule has 1 aromatic carbocycles. The summed E-state index contributed by atoms with van der Waals surface area (Å²) in [6.45, 7) is 0.286. The molecule has 1 atom stereocenters. The van der Waals surface area contributed by atoms with Crippen molar-refractivity contribution in [1.82, 2.24) is 14.5 Å². The van der Waals surface area contributed by atoms with Crippen molar-refractivity contribution >= 4 is 17.5 Å². The largest absolute Gasteiger partial charge is 0.497 e. The molecule has 0 unspecified atom stereocenters. The second kappa shape index (κ2) is 11.7. The van der Waals surface area contributed by atoms with Gasteiger partial charge in [-0.2, -0.15) is 5.10 Å². The van der Waals surface area contributed by atoms with E-state index in [1.54, 1.807) is 27.4 Å². The van der Waals surface area contributed by atoms with Crippen LogP contribution in [-0.2, 0) is 26.1 Å². The Hall–Kier alpha value is -3.37. The number of methoxy groups -OCH3 is 4. The van der Waals surface area contributed by atoms with Gasteiger partial charge in [0.05, 0.1) is 38.3 Å². The number of carbonyl (C=O) groups is 2. The van der Waals surface area contributed by atoms with Gasteiger partial charge in [-0.15, -0.1) is 0 Å². The van der Waals surface area contributed by atoms with Crippen LogP contribution in [0.2, 0.25) is 0 Å². The maximum atomic E-state index is 13.5. The van der Waals surface area contributed by atoms with Crippen LogP contribution in [-0.4, -0.2) is 86.7 Å². The first kappa shape index (κ1) is 25.3. The lowest BCUT2D eigenvalue weighted by Gasteiger charge is -2.27. The molecule has 1 aliphatic heterocycles. The number of aromatic nitrogens is 1. The maximum absolute atomic E-state index is 13.5. The molecule has 1 aromatic heterocycles. The van der Waals surface area contributed by atoms with E-state index in [1.807, 2.05) is 42.1 Å². The zero-order valence-corrected chi connectivity index (χ0v) is 20.3. The quantitative estimate of drug-likeness (QED) is 0.495. The molecule has 0 bridgehead atoms. The van der Waals surface area contributed by atoms with Gasteiger partial charge in [0.1, 0.15) is 24.7 Å². The van der Waals surface area contributed by atoms with Crippen LogP contribution in [0.25, 0.3) is 0 Å². The molecule has 0 radical (unpaired) electrons. The minimum absolute atomic E-state index is 0.123. The third-order valence-electron chi connectivity index (χ3n) is 5.71. The van der Waals surface area contributed by atoms with E-state index in [1.165, 1.54) is 17.0 Å². The molecular formula is C24H32N4O6. The van der Waals surface area contributed by atoms with Crippen molar-refractivity contribution in [2.24, 2.45) is 12.1 Å². The Kier molecular flexibility index (Phi) is 8.67.